The molecule has 0 bridgehead atoms. The van der Waals surface area contributed by atoms with Crippen molar-refractivity contribution >= 4 is 38.5 Å². The molecule has 0 aromatic rings. The van der Waals surface area contributed by atoms with Crippen LogP contribution in [0, 0.1) is 0 Å². The maximum absolute atomic E-state index is 12.3. The summed E-state index contributed by atoms with van der Waals surface area (Å²) in [7, 11) is 0. The number of hydrogen-bond donors (Lipinski definition) is 0. The molecule has 0 saturated heterocycles. The summed E-state index contributed by atoms with van der Waals surface area (Å²) < 4.78 is 24.6. The van der Waals surface area contributed by atoms with Gasteiger partial charge in [0.2, 0.25) is 0 Å². The topological polar surface area (TPSA) is 0 Å². The predicted octanol–water partition coefficient (Wildman–Crippen LogP) is 4.09. The van der Waals surface area contributed by atoms with Gasteiger partial charge in [0, 0.05) is 0 Å². The Labute approximate surface area is 81.3 Å². The van der Waals surface area contributed by atoms with Crippen molar-refractivity contribution in [1.29, 1.82) is 0 Å². The molecule has 4 heteroatoms. The molecule has 10 heavy (non-hydrogen) atoms. The van der Waals surface area contributed by atoms with Gasteiger partial charge in [0.15, 0.2) is 0 Å². The van der Waals surface area contributed by atoms with Crippen LogP contribution in [0.25, 0.3) is 0 Å². The molecule has 0 N–H and O–H groups in total. The number of alkyl halides is 3. The van der Waals surface area contributed by atoms with E-state index in [4.69, 9.17) is 0 Å². The molecule has 0 radical (unpaired) electrons. The number of halogens is 4. The molecular weight excluding hydrogens is 317 g/mol. The standard InChI is InChI=1S/C6H8BrF2I/c1-2-3-4-5(10)6(7,8)9/h4H,2-3H2,1H3. The van der Waals surface area contributed by atoms with Gasteiger partial charge >= 0.3 is 4.83 Å². The molecule has 0 heterocycles. The van der Waals surface area contributed by atoms with Gasteiger partial charge in [0.1, 0.15) is 0 Å². The molecule has 0 saturated carbocycles. The van der Waals surface area contributed by atoms with Crippen molar-refractivity contribution in [1.82, 2.24) is 0 Å². The van der Waals surface area contributed by atoms with Gasteiger partial charge in [-0.1, -0.05) is 19.4 Å². The molecule has 0 aliphatic heterocycles. The second kappa shape index (κ2) is 4.64. The van der Waals surface area contributed by atoms with Crippen LogP contribution < -0.4 is 0 Å². The fourth-order valence-electron chi connectivity index (χ4n) is 0.387. The van der Waals surface area contributed by atoms with Gasteiger partial charge in [-0.3, -0.25) is 0 Å². The van der Waals surface area contributed by atoms with Crippen molar-refractivity contribution in [3.63, 3.8) is 0 Å². The third-order valence-corrected chi connectivity index (χ3v) is 3.17. The van der Waals surface area contributed by atoms with Crippen molar-refractivity contribution in [2.45, 2.75) is 24.6 Å². The summed E-state index contributed by atoms with van der Waals surface area (Å²) in [4.78, 5) is -2.83. The Bertz CT molecular complexity index is 128. The number of unbranched alkanes of at least 4 members (excludes halogenated alkanes) is 1. The molecule has 0 amide bonds. The van der Waals surface area contributed by atoms with Crippen molar-refractivity contribution in [3.05, 3.63) is 9.66 Å². The lowest BCUT2D eigenvalue weighted by atomic mass is 10.3. The van der Waals surface area contributed by atoms with E-state index in [2.05, 4.69) is 15.9 Å². The number of rotatable bonds is 3. The second-order valence-corrected chi connectivity index (χ2v) is 4.00. The first-order valence-electron chi connectivity index (χ1n) is 2.91. The van der Waals surface area contributed by atoms with Crippen LogP contribution in [0.4, 0.5) is 8.78 Å². The molecule has 0 nitrogen and oxygen atoms in total. The van der Waals surface area contributed by atoms with Crippen molar-refractivity contribution in [2.75, 3.05) is 0 Å². The summed E-state index contributed by atoms with van der Waals surface area (Å²) in [6.45, 7) is 1.95. The molecule has 60 valence electrons. The highest BCUT2D eigenvalue weighted by Gasteiger charge is 2.27. The lowest BCUT2D eigenvalue weighted by molar-refractivity contribution is 0.169. The molecule has 0 aromatic heterocycles. The van der Waals surface area contributed by atoms with Crippen LogP contribution in [0.3, 0.4) is 0 Å². The Morgan fingerprint density at radius 2 is 2.20 bits per heavy atom. The molecule has 0 atom stereocenters. The lowest BCUT2D eigenvalue weighted by Gasteiger charge is -2.05. The van der Waals surface area contributed by atoms with Gasteiger partial charge in [-0.25, -0.2) is 0 Å². The minimum absolute atomic E-state index is 0.0620. The average Bonchev–Trinajstić information content (AvgIpc) is 1.80. The largest absolute Gasteiger partial charge is 0.331 e. The summed E-state index contributed by atoms with van der Waals surface area (Å²) >= 11 is 3.90. The Morgan fingerprint density at radius 3 is 2.50 bits per heavy atom. The first-order valence-corrected chi connectivity index (χ1v) is 4.78. The fraction of sp³-hybridized carbons (Fsp3) is 0.667. The van der Waals surface area contributed by atoms with Crippen LogP contribution in [0.1, 0.15) is 19.8 Å². The zero-order chi connectivity index (χ0) is 8.20. The fourth-order valence-corrected chi connectivity index (χ4v) is 0.860. The summed E-state index contributed by atoms with van der Waals surface area (Å²) in [5, 5.41) is 0. The van der Waals surface area contributed by atoms with E-state index < -0.39 is 4.83 Å². The van der Waals surface area contributed by atoms with Crippen molar-refractivity contribution in [3.8, 4) is 0 Å². The number of allylic oxidation sites excluding steroid dienone is 2. The molecular formula is C6H8BrF2I. The lowest BCUT2D eigenvalue weighted by Crippen LogP contribution is -2.03. The first-order chi connectivity index (χ1) is 4.48. The zero-order valence-corrected chi connectivity index (χ0v) is 9.25. The second-order valence-electron chi connectivity index (χ2n) is 1.84. The van der Waals surface area contributed by atoms with E-state index in [1.54, 1.807) is 22.6 Å². The minimum Gasteiger partial charge on any atom is -0.188 e. The van der Waals surface area contributed by atoms with E-state index in [0.29, 0.717) is 6.42 Å². The van der Waals surface area contributed by atoms with Crippen LogP contribution in [0.15, 0.2) is 9.66 Å². The van der Waals surface area contributed by atoms with Gasteiger partial charge in [-0.05, 0) is 44.9 Å². The third-order valence-electron chi connectivity index (χ3n) is 0.883. The molecule has 0 aliphatic carbocycles. The summed E-state index contributed by atoms with van der Waals surface area (Å²) in [6, 6.07) is 0. The van der Waals surface area contributed by atoms with Gasteiger partial charge in [-0.15, -0.1) is 0 Å². The third kappa shape index (κ3) is 4.60. The predicted molar refractivity (Wildman–Crippen MR) is 50.9 cm³/mol. The summed E-state index contributed by atoms with van der Waals surface area (Å²) in [6.07, 6.45) is 3.14. The minimum atomic E-state index is -2.83. The van der Waals surface area contributed by atoms with Crippen LogP contribution in [0.5, 0.6) is 0 Å². The maximum atomic E-state index is 12.3. The number of hydrogen-bond acceptors (Lipinski definition) is 0. The van der Waals surface area contributed by atoms with E-state index >= 15 is 0 Å². The maximum Gasteiger partial charge on any atom is 0.331 e. The van der Waals surface area contributed by atoms with E-state index in [0.717, 1.165) is 6.42 Å². The smallest absolute Gasteiger partial charge is 0.188 e. The molecule has 0 unspecified atom stereocenters. The Hall–Kier alpha value is 0.810. The van der Waals surface area contributed by atoms with Gasteiger partial charge in [0.05, 0.1) is 3.58 Å². The quantitative estimate of drug-likeness (QED) is 0.542. The Morgan fingerprint density at radius 1 is 1.70 bits per heavy atom. The molecule has 0 aromatic carbocycles. The van der Waals surface area contributed by atoms with Crippen molar-refractivity contribution in [2.24, 2.45) is 0 Å². The normalized spacial score (nSPS) is 13.9. The average molecular weight is 325 g/mol. The zero-order valence-electron chi connectivity index (χ0n) is 5.50. The van der Waals surface area contributed by atoms with Crippen LogP contribution in [-0.2, 0) is 0 Å². The Balaban J connectivity index is 3.93. The summed E-state index contributed by atoms with van der Waals surface area (Å²) in [5.41, 5.74) is 0. The van der Waals surface area contributed by atoms with Crippen LogP contribution in [-0.4, -0.2) is 4.83 Å². The highest BCUT2D eigenvalue weighted by atomic mass is 127. The van der Waals surface area contributed by atoms with Gasteiger partial charge in [0.25, 0.3) is 0 Å². The van der Waals surface area contributed by atoms with Crippen LogP contribution >= 0.6 is 38.5 Å². The summed E-state index contributed by atoms with van der Waals surface area (Å²) in [5.74, 6) is 0. The van der Waals surface area contributed by atoms with Gasteiger partial charge < -0.3 is 0 Å². The molecule has 0 rings (SSSR count). The molecule has 0 spiro atoms. The highest BCUT2D eigenvalue weighted by Crippen LogP contribution is 2.35. The van der Waals surface area contributed by atoms with E-state index in [1.807, 2.05) is 6.92 Å². The van der Waals surface area contributed by atoms with Gasteiger partial charge in [-0.2, -0.15) is 8.78 Å². The monoisotopic (exact) mass is 324 g/mol. The first kappa shape index (κ1) is 10.8. The van der Waals surface area contributed by atoms with E-state index in [-0.39, 0.29) is 3.58 Å². The van der Waals surface area contributed by atoms with Crippen molar-refractivity contribution < 1.29 is 8.78 Å². The molecule has 0 fully saturated rings. The Kier molecular flexibility index (Phi) is 5.02. The van der Waals surface area contributed by atoms with Crippen LogP contribution in [0.2, 0.25) is 0 Å². The highest BCUT2D eigenvalue weighted by molar-refractivity contribution is 14.1. The SMILES string of the molecule is CCCC=C(I)C(F)(F)Br. The van der Waals surface area contributed by atoms with E-state index in [9.17, 15) is 8.78 Å². The molecule has 0 aliphatic rings. The van der Waals surface area contributed by atoms with E-state index in [1.165, 1.54) is 6.08 Å².